The van der Waals surface area contributed by atoms with E-state index >= 15 is 0 Å². The van der Waals surface area contributed by atoms with E-state index in [4.69, 9.17) is 0 Å². The third-order valence-corrected chi connectivity index (χ3v) is 6.37. The second-order valence-corrected chi connectivity index (χ2v) is 7.56. The van der Waals surface area contributed by atoms with Crippen molar-refractivity contribution >= 4 is 7.52 Å². The SMILES string of the molecule is C[N+]1(P(=O)(O)C(F)(F)c2ccccc2)CCCC1. The molecule has 1 atom stereocenters. The summed E-state index contributed by atoms with van der Waals surface area (Å²) in [6, 6.07) is 6.91. The van der Waals surface area contributed by atoms with Gasteiger partial charge in [-0.05, 0) is 0 Å². The standard InChI is InChI=1S/C12H16F2NO2P/c1-15(9-5-6-10-15)18(16,17)12(13,14)11-7-3-2-4-8-11/h2-4,7-8H,5-6,9-10H2,1H3/p+1. The number of rotatable bonds is 3. The summed E-state index contributed by atoms with van der Waals surface area (Å²) < 4.78 is 40.5. The number of halogens is 2. The third-order valence-electron chi connectivity index (χ3n) is 3.67. The van der Waals surface area contributed by atoms with Gasteiger partial charge in [-0.2, -0.15) is 8.78 Å². The highest BCUT2D eigenvalue weighted by molar-refractivity contribution is 7.52. The molecule has 1 aliphatic heterocycles. The summed E-state index contributed by atoms with van der Waals surface area (Å²) in [5.41, 5.74) is -4.09. The zero-order valence-corrected chi connectivity index (χ0v) is 11.1. The Hall–Kier alpha value is -0.770. The molecule has 1 aliphatic rings. The molecule has 1 saturated heterocycles. The maximum atomic E-state index is 14.3. The van der Waals surface area contributed by atoms with Crippen LogP contribution in [0.4, 0.5) is 8.78 Å². The van der Waals surface area contributed by atoms with Crippen molar-refractivity contribution < 1.29 is 22.5 Å². The van der Waals surface area contributed by atoms with Crippen LogP contribution < -0.4 is 0 Å². The van der Waals surface area contributed by atoms with Gasteiger partial charge in [-0.1, -0.05) is 30.3 Å². The van der Waals surface area contributed by atoms with Crippen LogP contribution in [0.15, 0.2) is 30.3 Å². The zero-order chi connectivity index (χ0) is 13.4. The van der Waals surface area contributed by atoms with E-state index in [1.807, 2.05) is 0 Å². The average Bonchev–Trinajstić information content (AvgIpc) is 2.79. The molecule has 1 aromatic rings. The van der Waals surface area contributed by atoms with Crippen molar-refractivity contribution in [3.63, 3.8) is 0 Å². The first kappa shape index (κ1) is 13.7. The van der Waals surface area contributed by atoms with E-state index in [0.717, 1.165) is 0 Å². The molecule has 0 spiro atoms. The van der Waals surface area contributed by atoms with E-state index in [1.54, 1.807) is 6.07 Å². The first-order chi connectivity index (χ1) is 8.31. The van der Waals surface area contributed by atoms with Crippen molar-refractivity contribution in [2.45, 2.75) is 18.5 Å². The molecule has 0 radical (unpaired) electrons. The van der Waals surface area contributed by atoms with Crippen LogP contribution in [-0.2, 0) is 10.2 Å². The number of hydrogen-bond acceptors (Lipinski definition) is 1. The number of likely N-dealkylation sites (tertiary alicyclic amines) is 1. The van der Waals surface area contributed by atoms with Gasteiger partial charge in [0.1, 0.15) is 0 Å². The van der Waals surface area contributed by atoms with Gasteiger partial charge in [-0.25, -0.2) is 4.57 Å². The fourth-order valence-electron chi connectivity index (χ4n) is 2.40. The summed E-state index contributed by atoms with van der Waals surface area (Å²) in [7, 11) is -3.22. The van der Waals surface area contributed by atoms with E-state index in [1.165, 1.54) is 31.3 Å². The van der Waals surface area contributed by atoms with Gasteiger partial charge in [0, 0.05) is 18.4 Å². The Morgan fingerprint density at radius 2 is 1.72 bits per heavy atom. The van der Waals surface area contributed by atoms with Crippen LogP contribution in [-0.4, -0.2) is 29.3 Å². The summed E-state index contributed by atoms with van der Waals surface area (Å²) in [5.74, 6) is 0. The van der Waals surface area contributed by atoms with Crippen molar-refractivity contribution in [3.05, 3.63) is 35.9 Å². The van der Waals surface area contributed by atoms with Crippen molar-refractivity contribution in [3.8, 4) is 0 Å². The molecule has 0 amide bonds. The third kappa shape index (κ3) is 1.91. The van der Waals surface area contributed by atoms with E-state index in [-0.39, 0.29) is 5.56 Å². The highest BCUT2D eigenvalue weighted by atomic mass is 31.2. The lowest BCUT2D eigenvalue weighted by molar-refractivity contribution is -0.786. The smallest absolute Gasteiger partial charge is 0.297 e. The van der Waals surface area contributed by atoms with Crippen LogP contribution in [0, 0.1) is 0 Å². The molecule has 0 saturated carbocycles. The minimum absolute atomic E-state index is 0.330. The summed E-state index contributed by atoms with van der Waals surface area (Å²) >= 11 is 0. The molecule has 100 valence electrons. The molecule has 6 heteroatoms. The molecule has 1 heterocycles. The van der Waals surface area contributed by atoms with Crippen LogP contribution in [0.3, 0.4) is 0 Å². The van der Waals surface area contributed by atoms with Crippen LogP contribution in [0.1, 0.15) is 18.4 Å². The predicted octanol–water partition coefficient (Wildman–Crippen LogP) is 3.16. The normalized spacial score (nSPS) is 22.7. The fourth-order valence-corrected chi connectivity index (χ4v) is 4.31. The zero-order valence-electron chi connectivity index (χ0n) is 10.2. The van der Waals surface area contributed by atoms with Gasteiger partial charge in [-0.15, -0.1) is 0 Å². The van der Waals surface area contributed by atoms with Crippen molar-refractivity contribution in [1.82, 2.24) is 0 Å². The Bertz CT molecular complexity index is 472. The predicted molar refractivity (Wildman–Crippen MR) is 65.3 cm³/mol. The Morgan fingerprint density at radius 3 is 2.22 bits per heavy atom. The van der Waals surface area contributed by atoms with Gasteiger partial charge in [0.25, 0.3) is 0 Å². The van der Waals surface area contributed by atoms with Gasteiger partial charge in [0.15, 0.2) is 0 Å². The second kappa shape index (κ2) is 4.41. The number of quaternary nitrogens is 1. The maximum absolute atomic E-state index is 14.3. The molecule has 3 nitrogen and oxygen atoms in total. The Labute approximate surface area is 105 Å². The van der Waals surface area contributed by atoms with Gasteiger partial charge in [0.05, 0.1) is 20.1 Å². The molecule has 2 rings (SSSR count). The molecule has 0 bridgehead atoms. The summed E-state index contributed by atoms with van der Waals surface area (Å²) in [6.45, 7) is 0.659. The van der Waals surface area contributed by atoms with E-state index in [0.29, 0.717) is 25.9 Å². The molecule has 0 aliphatic carbocycles. The molecule has 0 aromatic heterocycles. The Morgan fingerprint density at radius 1 is 1.22 bits per heavy atom. The molecule has 1 fully saturated rings. The lowest BCUT2D eigenvalue weighted by Gasteiger charge is -2.36. The van der Waals surface area contributed by atoms with E-state index in [9.17, 15) is 18.2 Å². The maximum Gasteiger partial charge on any atom is 0.452 e. The summed E-state index contributed by atoms with van der Waals surface area (Å²) in [5, 5.41) is 0. The molecule has 1 unspecified atom stereocenters. The summed E-state index contributed by atoms with van der Waals surface area (Å²) in [6.07, 6.45) is 1.43. The quantitative estimate of drug-likeness (QED) is 0.861. The monoisotopic (exact) mass is 276 g/mol. The molecular weight excluding hydrogens is 259 g/mol. The van der Waals surface area contributed by atoms with E-state index < -0.39 is 17.4 Å². The van der Waals surface area contributed by atoms with Crippen molar-refractivity contribution in [1.29, 1.82) is 0 Å². The van der Waals surface area contributed by atoms with Crippen molar-refractivity contribution in [2.75, 3.05) is 20.1 Å². The largest absolute Gasteiger partial charge is 0.452 e. The average molecular weight is 276 g/mol. The topological polar surface area (TPSA) is 37.3 Å². The van der Waals surface area contributed by atoms with Crippen LogP contribution in [0.5, 0.6) is 0 Å². The molecule has 1 aromatic carbocycles. The van der Waals surface area contributed by atoms with Gasteiger partial charge < -0.3 is 0 Å². The highest BCUT2D eigenvalue weighted by Crippen LogP contribution is 2.68. The van der Waals surface area contributed by atoms with Gasteiger partial charge in [-0.3, -0.25) is 9.15 Å². The minimum atomic E-state index is -4.67. The van der Waals surface area contributed by atoms with Gasteiger partial charge in [0.2, 0.25) is 0 Å². The number of nitrogens with zero attached hydrogens (tertiary/aromatic N) is 1. The van der Waals surface area contributed by atoms with Crippen LogP contribution >= 0.6 is 7.52 Å². The summed E-state index contributed by atoms with van der Waals surface area (Å²) in [4.78, 5) is 10.0. The number of benzene rings is 1. The van der Waals surface area contributed by atoms with Crippen LogP contribution in [0.25, 0.3) is 0 Å². The van der Waals surface area contributed by atoms with Crippen molar-refractivity contribution in [2.24, 2.45) is 0 Å². The molecule has 1 N–H and O–H groups in total. The van der Waals surface area contributed by atoms with Crippen LogP contribution in [0.2, 0.25) is 0 Å². The fraction of sp³-hybridized carbons (Fsp3) is 0.500. The Balaban J connectivity index is 2.43. The second-order valence-electron chi connectivity index (χ2n) is 4.94. The highest BCUT2D eigenvalue weighted by Gasteiger charge is 2.64. The first-order valence-corrected chi connectivity index (χ1v) is 7.54. The van der Waals surface area contributed by atoms with E-state index in [2.05, 4.69) is 0 Å². The minimum Gasteiger partial charge on any atom is -0.297 e. The number of hydrogen-bond donors (Lipinski definition) is 1. The lowest BCUT2D eigenvalue weighted by atomic mass is 10.2. The lowest BCUT2D eigenvalue weighted by Crippen LogP contribution is -2.42. The Kier molecular flexibility index (Phi) is 3.34. The first-order valence-electron chi connectivity index (χ1n) is 5.92. The molecular formula is C12H17F2NO2P+. The number of alkyl halides is 2. The van der Waals surface area contributed by atoms with Gasteiger partial charge >= 0.3 is 13.2 Å². The molecule has 18 heavy (non-hydrogen) atoms.